The number of aromatic nitrogens is 2. The first kappa shape index (κ1) is 12.6. The molecule has 2 N–H and O–H groups in total. The van der Waals surface area contributed by atoms with Crippen molar-refractivity contribution in [1.82, 2.24) is 15.3 Å². The molecule has 20 heavy (non-hydrogen) atoms. The van der Waals surface area contributed by atoms with Crippen LogP contribution in [0.4, 0.5) is 0 Å². The van der Waals surface area contributed by atoms with Crippen molar-refractivity contribution in [1.29, 1.82) is 0 Å². The van der Waals surface area contributed by atoms with Crippen LogP contribution >= 0.6 is 0 Å². The van der Waals surface area contributed by atoms with E-state index in [2.05, 4.69) is 15.3 Å². The fraction of sp³-hybridized carbons (Fsp3) is 0.125. The summed E-state index contributed by atoms with van der Waals surface area (Å²) < 4.78 is 0. The molecule has 0 aliphatic heterocycles. The first-order valence-corrected chi connectivity index (χ1v) is 6.53. The lowest BCUT2D eigenvalue weighted by atomic mass is 10.1. The summed E-state index contributed by atoms with van der Waals surface area (Å²) in [5.41, 5.74) is 2.85. The van der Waals surface area contributed by atoms with E-state index in [4.69, 9.17) is 0 Å². The summed E-state index contributed by atoms with van der Waals surface area (Å²) in [6, 6.07) is 11.7. The largest absolute Gasteiger partial charge is 0.360 e. The van der Waals surface area contributed by atoms with Crippen LogP contribution < -0.4 is 5.32 Å². The van der Waals surface area contributed by atoms with E-state index in [9.17, 15) is 4.79 Å². The van der Waals surface area contributed by atoms with Gasteiger partial charge in [0.15, 0.2) is 5.78 Å². The maximum atomic E-state index is 12.2. The lowest BCUT2D eigenvalue weighted by molar-refractivity contribution is 0.0992. The van der Waals surface area contributed by atoms with Gasteiger partial charge in [-0.1, -0.05) is 18.2 Å². The fourth-order valence-corrected chi connectivity index (χ4v) is 2.22. The number of fused-ring (bicyclic) bond motifs is 1. The minimum Gasteiger partial charge on any atom is -0.360 e. The number of para-hydroxylation sites is 1. The predicted molar refractivity (Wildman–Crippen MR) is 78.6 cm³/mol. The van der Waals surface area contributed by atoms with Crippen molar-refractivity contribution in [2.75, 3.05) is 6.54 Å². The third-order valence-electron chi connectivity index (χ3n) is 3.25. The summed E-state index contributed by atoms with van der Waals surface area (Å²) in [5, 5.41) is 4.14. The molecule has 100 valence electrons. The van der Waals surface area contributed by atoms with Crippen molar-refractivity contribution in [3.63, 3.8) is 0 Å². The standard InChI is InChI=1S/C16H15N3O/c20-16(11-18-9-12-5-7-17-8-6-12)14-10-19-15-4-2-1-3-13(14)15/h1-8,10,18-19H,9,11H2. The lowest BCUT2D eigenvalue weighted by Crippen LogP contribution is -2.22. The van der Waals surface area contributed by atoms with Crippen LogP contribution in [0.2, 0.25) is 0 Å². The number of nitrogens with one attached hydrogen (secondary N) is 2. The Hall–Kier alpha value is -2.46. The molecule has 4 heteroatoms. The van der Waals surface area contributed by atoms with Gasteiger partial charge >= 0.3 is 0 Å². The number of pyridine rings is 1. The van der Waals surface area contributed by atoms with Crippen LogP contribution in [0.3, 0.4) is 0 Å². The van der Waals surface area contributed by atoms with Gasteiger partial charge < -0.3 is 10.3 Å². The molecule has 0 bridgehead atoms. The van der Waals surface area contributed by atoms with E-state index in [0.29, 0.717) is 13.1 Å². The summed E-state index contributed by atoms with van der Waals surface area (Å²) in [5.74, 6) is 0.0940. The average Bonchev–Trinajstić information content (AvgIpc) is 2.92. The van der Waals surface area contributed by atoms with Crippen molar-refractivity contribution in [2.24, 2.45) is 0 Å². The van der Waals surface area contributed by atoms with Crippen LogP contribution in [0.5, 0.6) is 0 Å². The molecule has 0 radical (unpaired) electrons. The topological polar surface area (TPSA) is 57.8 Å². The van der Waals surface area contributed by atoms with Crippen LogP contribution in [-0.2, 0) is 6.54 Å². The van der Waals surface area contributed by atoms with Crippen LogP contribution in [0.25, 0.3) is 10.9 Å². The van der Waals surface area contributed by atoms with Crippen molar-refractivity contribution < 1.29 is 4.79 Å². The zero-order valence-corrected chi connectivity index (χ0v) is 11.0. The lowest BCUT2D eigenvalue weighted by Gasteiger charge is -2.03. The van der Waals surface area contributed by atoms with Crippen LogP contribution in [0, 0.1) is 0 Å². The summed E-state index contributed by atoms with van der Waals surface area (Å²) in [4.78, 5) is 19.3. The normalized spacial score (nSPS) is 10.8. The monoisotopic (exact) mass is 265 g/mol. The smallest absolute Gasteiger partial charge is 0.178 e. The molecule has 0 amide bonds. The minimum atomic E-state index is 0.0940. The third kappa shape index (κ3) is 2.60. The van der Waals surface area contributed by atoms with Gasteiger partial charge in [0.25, 0.3) is 0 Å². The van der Waals surface area contributed by atoms with Gasteiger partial charge in [-0.3, -0.25) is 9.78 Å². The van der Waals surface area contributed by atoms with Gasteiger partial charge in [-0.05, 0) is 23.8 Å². The van der Waals surface area contributed by atoms with Gasteiger partial charge in [-0.25, -0.2) is 0 Å². The number of hydrogen-bond acceptors (Lipinski definition) is 3. The van der Waals surface area contributed by atoms with E-state index in [1.807, 2.05) is 36.4 Å². The number of H-pyrrole nitrogens is 1. The van der Waals surface area contributed by atoms with Gasteiger partial charge in [0.2, 0.25) is 0 Å². The number of rotatable bonds is 5. The number of aromatic amines is 1. The molecule has 3 aromatic rings. The number of hydrogen-bond donors (Lipinski definition) is 2. The Kier molecular flexibility index (Phi) is 3.56. The minimum absolute atomic E-state index is 0.0940. The van der Waals surface area contributed by atoms with E-state index >= 15 is 0 Å². The highest BCUT2D eigenvalue weighted by molar-refractivity contribution is 6.08. The van der Waals surface area contributed by atoms with Crippen LogP contribution in [0.15, 0.2) is 55.0 Å². The summed E-state index contributed by atoms with van der Waals surface area (Å²) >= 11 is 0. The summed E-state index contributed by atoms with van der Waals surface area (Å²) in [6.07, 6.45) is 5.28. The van der Waals surface area contributed by atoms with E-state index in [1.54, 1.807) is 18.6 Å². The molecular formula is C16H15N3O. The molecule has 4 nitrogen and oxygen atoms in total. The zero-order valence-electron chi connectivity index (χ0n) is 11.0. The highest BCUT2D eigenvalue weighted by Gasteiger charge is 2.10. The molecule has 0 saturated heterocycles. The molecule has 2 aromatic heterocycles. The van der Waals surface area contributed by atoms with Gasteiger partial charge in [-0.2, -0.15) is 0 Å². The van der Waals surface area contributed by atoms with E-state index in [1.165, 1.54) is 0 Å². The maximum absolute atomic E-state index is 12.2. The highest BCUT2D eigenvalue weighted by atomic mass is 16.1. The van der Waals surface area contributed by atoms with E-state index in [0.717, 1.165) is 22.0 Å². The molecule has 0 aliphatic carbocycles. The zero-order chi connectivity index (χ0) is 13.8. The molecule has 0 spiro atoms. The second kappa shape index (κ2) is 5.67. The molecule has 1 aromatic carbocycles. The SMILES string of the molecule is O=C(CNCc1ccncc1)c1c[nH]c2ccccc12. The molecule has 0 unspecified atom stereocenters. The molecule has 0 saturated carbocycles. The van der Waals surface area contributed by atoms with E-state index in [-0.39, 0.29) is 5.78 Å². The molecule has 2 heterocycles. The van der Waals surface area contributed by atoms with Gasteiger partial charge in [0.1, 0.15) is 0 Å². The van der Waals surface area contributed by atoms with Crippen LogP contribution in [0.1, 0.15) is 15.9 Å². The Labute approximate surface area is 116 Å². The van der Waals surface area contributed by atoms with Crippen molar-refractivity contribution in [2.45, 2.75) is 6.54 Å². The van der Waals surface area contributed by atoms with Crippen molar-refractivity contribution >= 4 is 16.7 Å². The summed E-state index contributed by atoms with van der Waals surface area (Å²) in [6.45, 7) is 0.987. The quantitative estimate of drug-likeness (QED) is 0.697. The number of carbonyl (C=O) groups is 1. The van der Waals surface area contributed by atoms with Gasteiger partial charge in [0, 0.05) is 41.6 Å². The molecule has 3 rings (SSSR count). The maximum Gasteiger partial charge on any atom is 0.178 e. The van der Waals surface area contributed by atoms with E-state index < -0.39 is 0 Å². The third-order valence-corrected chi connectivity index (χ3v) is 3.25. The Bertz CT molecular complexity index is 719. The first-order valence-electron chi connectivity index (χ1n) is 6.53. The Morgan fingerprint density at radius 3 is 2.80 bits per heavy atom. The second-order valence-corrected chi connectivity index (χ2v) is 4.63. The number of ketones is 1. The molecule has 0 fully saturated rings. The number of carbonyl (C=O) groups excluding carboxylic acids is 1. The van der Waals surface area contributed by atoms with Crippen LogP contribution in [-0.4, -0.2) is 22.3 Å². The Balaban J connectivity index is 1.65. The average molecular weight is 265 g/mol. The summed E-state index contributed by atoms with van der Waals surface area (Å²) in [7, 11) is 0. The van der Waals surface area contributed by atoms with Gasteiger partial charge in [-0.15, -0.1) is 0 Å². The second-order valence-electron chi connectivity index (χ2n) is 4.63. The fourth-order valence-electron chi connectivity index (χ4n) is 2.22. The Morgan fingerprint density at radius 2 is 1.95 bits per heavy atom. The van der Waals surface area contributed by atoms with Gasteiger partial charge in [0.05, 0.1) is 6.54 Å². The van der Waals surface area contributed by atoms with Crippen molar-refractivity contribution in [3.05, 3.63) is 66.1 Å². The molecular weight excluding hydrogens is 250 g/mol. The molecule has 0 atom stereocenters. The first-order chi connectivity index (χ1) is 9.84. The van der Waals surface area contributed by atoms with Crippen molar-refractivity contribution in [3.8, 4) is 0 Å². The Morgan fingerprint density at radius 1 is 1.15 bits per heavy atom. The number of Topliss-reactive ketones (excluding diaryl/α,β-unsaturated/α-hetero) is 1. The number of nitrogens with zero attached hydrogens (tertiary/aromatic N) is 1. The molecule has 0 aliphatic rings. The highest BCUT2D eigenvalue weighted by Crippen LogP contribution is 2.17. The predicted octanol–water partition coefficient (Wildman–Crippen LogP) is 2.54. The number of benzene rings is 1.